The lowest BCUT2D eigenvalue weighted by Gasteiger charge is -2.21. The van der Waals surface area contributed by atoms with Crippen LogP contribution in [0.2, 0.25) is 0 Å². The van der Waals surface area contributed by atoms with E-state index in [9.17, 15) is 14.9 Å². The van der Waals surface area contributed by atoms with Crippen molar-refractivity contribution in [2.75, 3.05) is 19.4 Å². The Balaban J connectivity index is 3.27. The first-order valence-electron chi connectivity index (χ1n) is 5.47. The molecule has 0 saturated carbocycles. The lowest BCUT2D eigenvalue weighted by Crippen LogP contribution is -2.33. The minimum atomic E-state index is -0.603. The van der Waals surface area contributed by atoms with Crippen LogP contribution in [0.3, 0.4) is 0 Å². The SMILES string of the molecule is CNc1cc(C(=O)N(C)C(C)C)c([N+](=O)[O-])cn1. The van der Waals surface area contributed by atoms with Crippen molar-refractivity contribution < 1.29 is 9.72 Å². The van der Waals surface area contributed by atoms with Crippen LogP contribution >= 0.6 is 0 Å². The molecule has 0 radical (unpaired) electrons. The Labute approximate surface area is 105 Å². The highest BCUT2D eigenvalue weighted by Gasteiger charge is 2.25. The zero-order valence-corrected chi connectivity index (χ0v) is 10.8. The van der Waals surface area contributed by atoms with Crippen LogP contribution in [-0.4, -0.2) is 40.9 Å². The average Bonchev–Trinajstić information content (AvgIpc) is 2.35. The average molecular weight is 252 g/mol. The number of pyridine rings is 1. The lowest BCUT2D eigenvalue weighted by atomic mass is 10.1. The van der Waals surface area contributed by atoms with Gasteiger partial charge in [0, 0.05) is 26.2 Å². The Morgan fingerprint density at radius 3 is 2.61 bits per heavy atom. The number of nitrogens with zero attached hydrogens (tertiary/aromatic N) is 3. The summed E-state index contributed by atoms with van der Waals surface area (Å²) in [5.41, 5.74) is -0.248. The third-order valence-electron chi connectivity index (χ3n) is 2.66. The van der Waals surface area contributed by atoms with Gasteiger partial charge in [0.15, 0.2) is 0 Å². The van der Waals surface area contributed by atoms with E-state index in [0.717, 1.165) is 6.20 Å². The van der Waals surface area contributed by atoms with Crippen molar-refractivity contribution in [1.82, 2.24) is 9.88 Å². The second-order valence-electron chi connectivity index (χ2n) is 4.10. The summed E-state index contributed by atoms with van der Waals surface area (Å²) in [5, 5.41) is 13.6. The molecule has 1 aromatic heterocycles. The van der Waals surface area contributed by atoms with Crippen molar-refractivity contribution >= 4 is 17.4 Å². The number of carbonyl (C=O) groups excluding carboxylic acids is 1. The first-order chi connectivity index (χ1) is 8.38. The molecular weight excluding hydrogens is 236 g/mol. The first kappa shape index (κ1) is 13.9. The summed E-state index contributed by atoms with van der Waals surface area (Å²) in [6.07, 6.45) is 1.09. The Hall–Kier alpha value is -2.18. The van der Waals surface area contributed by atoms with E-state index in [1.54, 1.807) is 14.1 Å². The second-order valence-corrected chi connectivity index (χ2v) is 4.10. The fourth-order valence-electron chi connectivity index (χ4n) is 1.33. The minimum Gasteiger partial charge on any atom is -0.373 e. The lowest BCUT2D eigenvalue weighted by molar-refractivity contribution is -0.385. The van der Waals surface area contributed by atoms with Gasteiger partial charge in [-0.15, -0.1) is 0 Å². The number of nitrogens with one attached hydrogen (secondary N) is 1. The van der Waals surface area contributed by atoms with Gasteiger partial charge in [0.2, 0.25) is 0 Å². The molecular formula is C11H16N4O3. The Bertz CT molecular complexity index is 473. The predicted molar refractivity (Wildman–Crippen MR) is 67.7 cm³/mol. The van der Waals surface area contributed by atoms with Crippen LogP contribution in [0.4, 0.5) is 11.5 Å². The van der Waals surface area contributed by atoms with Crippen molar-refractivity contribution in [2.45, 2.75) is 19.9 Å². The fraction of sp³-hybridized carbons (Fsp3) is 0.455. The minimum absolute atomic E-state index is 0.0375. The number of hydrogen-bond donors (Lipinski definition) is 1. The highest BCUT2D eigenvalue weighted by molar-refractivity contribution is 5.98. The Morgan fingerprint density at radius 1 is 1.56 bits per heavy atom. The molecule has 1 N–H and O–H groups in total. The molecule has 0 saturated heterocycles. The third kappa shape index (κ3) is 2.73. The zero-order valence-electron chi connectivity index (χ0n) is 10.8. The number of hydrogen-bond acceptors (Lipinski definition) is 5. The standard InChI is InChI=1S/C11H16N4O3/c1-7(2)14(4)11(16)8-5-10(12-3)13-6-9(8)15(17)18/h5-7H,1-4H3,(H,12,13). The summed E-state index contributed by atoms with van der Waals surface area (Å²) < 4.78 is 0. The molecule has 1 rings (SSSR count). The van der Waals surface area contributed by atoms with Gasteiger partial charge < -0.3 is 10.2 Å². The van der Waals surface area contributed by atoms with Crippen molar-refractivity contribution in [3.8, 4) is 0 Å². The quantitative estimate of drug-likeness (QED) is 0.648. The van der Waals surface area contributed by atoms with Crippen LogP contribution in [-0.2, 0) is 0 Å². The van der Waals surface area contributed by atoms with Crippen LogP contribution in [0.15, 0.2) is 12.3 Å². The molecule has 0 bridgehead atoms. The van der Waals surface area contributed by atoms with Crippen molar-refractivity contribution in [3.63, 3.8) is 0 Å². The van der Waals surface area contributed by atoms with E-state index in [0.29, 0.717) is 5.82 Å². The maximum Gasteiger partial charge on any atom is 0.300 e. The van der Waals surface area contributed by atoms with E-state index in [2.05, 4.69) is 10.3 Å². The van der Waals surface area contributed by atoms with E-state index in [-0.39, 0.29) is 17.3 Å². The van der Waals surface area contributed by atoms with Gasteiger partial charge in [-0.25, -0.2) is 4.98 Å². The van der Waals surface area contributed by atoms with Gasteiger partial charge in [-0.05, 0) is 13.8 Å². The predicted octanol–water partition coefficient (Wildman–Crippen LogP) is 1.51. The highest BCUT2D eigenvalue weighted by Crippen LogP contribution is 2.22. The van der Waals surface area contributed by atoms with E-state index in [1.165, 1.54) is 11.0 Å². The molecule has 1 heterocycles. The van der Waals surface area contributed by atoms with E-state index < -0.39 is 10.8 Å². The summed E-state index contributed by atoms with van der Waals surface area (Å²) in [6, 6.07) is 1.35. The van der Waals surface area contributed by atoms with Gasteiger partial charge in [-0.1, -0.05) is 0 Å². The smallest absolute Gasteiger partial charge is 0.300 e. The molecule has 0 spiro atoms. The summed E-state index contributed by atoms with van der Waals surface area (Å²) in [6.45, 7) is 3.67. The molecule has 1 aromatic rings. The summed E-state index contributed by atoms with van der Waals surface area (Å²) >= 11 is 0. The maximum absolute atomic E-state index is 12.1. The summed E-state index contributed by atoms with van der Waals surface area (Å²) in [5.74, 6) is 0.0247. The van der Waals surface area contributed by atoms with E-state index >= 15 is 0 Å². The van der Waals surface area contributed by atoms with Gasteiger partial charge in [-0.3, -0.25) is 14.9 Å². The van der Waals surface area contributed by atoms with E-state index in [1.807, 2.05) is 13.8 Å². The van der Waals surface area contributed by atoms with Crippen LogP contribution in [0, 0.1) is 10.1 Å². The molecule has 1 amide bonds. The monoisotopic (exact) mass is 252 g/mol. The molecule has 0 fully saturated rings. The molecule has 0 aromatic carbocycles. The molecule has 18 heavy (non-hydrogen) atoms. The van der Waals surface area contributed by atoms with Gasteiger partial charge in [-0.2, -0.15) is 0 Å². The molecule has 98 valence electrons. The van der Waals surface area contributed by atoms with Gasteiger partial charge >= 0.3 is 0 Å². The molecule has 0 aliphatic carbocycles. The molecule has 7 nitrogen and oxygen atoms in total. The van der Waals surface area contributed by atoms with Crippen LogP contribution in [0.1, 0.15) is 24.2 Å². The molecule has 0 aliphatic rings. The van der Waals surface area contributed by atoms with Crippen LogP contribution in [0.25, 0.3) is 0 Å². The topological polar surface area (TPSA) is 88.4 Å². The molecule has 0 unspecified atom stereocenters. The first-order valence-corrected chi connectivity index (χ1v) is 5.47. The Morgan fingerprint density at radius 2 is 2.17 bits per heavy atom. The summed E-state index contributed by atoms with van der Waals surface area (Å²) in [4.78, 5) is 27.7. The zero-order chi connectivity index (χ0) is 13.9. The molecule has 7 heteroatoms. The highest BCUT2D eigenvalue weighted by atomic mass is 16.6. The fourth-order valence-corrected chi connectivity index (χ4v) is 1.33. The van der Waals surface area contributed by atoms with Crippen molar-refractivity contribution in [2.24, 2.45) is 0 Å². The van der Waals surface area contributed by atoms with Gasteiger partial charge in [0.1, 0.15) is 17.6 Å². The van der Waals surface area contributed by atoms with Crippen LogP contribution in [0.5, 0.6) is 0 Å². The largest absolute Gasteiger partial charge is 0.373 e. The second kappa shape index (κ2) is 5.44. The number of rotatable bonds is 4. The van der Waals surface area contributed by atoms with Gasteiger partial charge in [0.25, 0.3) is 11.6 Å². The normalized spacial score (nSPS) is 10.3. The molecule has 0 aliphatic heterocycles. The number of nitro groups is 1. The number of amides is 1. The number of aromatic nitrogens is 1. The van der Waals surface area contributed by atoms with Gasteiger partial charge in [0.05, 0.1) is 4.92 Å². The van der Waals surface area contributed by atoms with Crippen molar-refractivity contribution in [1.29, 1.82) is 0 Å². The van der Waals surface area contributed by atoms with Crippen molar-refractivity contribution in [3.05, 3.63) is 27.9 Å². The molecule has 0 atom stereocenters. The van der Waals surface area contributed by atoms with Crippen LogP contribution < -0.4 is 5.32 Å². The maximum atomic E-state index is 12.1. The number of carbonyl (C=O) groups is 1. The third-order valence-corrected chi connectivity index (χ3v) is 2.66. The summed E-state index contributed by atoms with van der Waals surface area (Å²) in [7, 11) is 3.24. The number of anilines is 1. The van der Waals surface area contributed by atoms with E-state index in [4.69, 9.17) is 0 Å². The Kier molecular flexibility index (Phi) is 4.19.